The maximum Gasteiger partial charge on any atom is 0.573 e. The van der Waals surface area contributed by atoms with Crippen LogP contribution in [0.15, 0.2) is 36.4 Å². The van der Waals surface area contributed by atoms with Gasteiger partial charge in [-0.1, -0.05) is 0 Å². The van der Waals surface area contributed by atoms with Gasteiger partial charge in [-0.15, -0.1) is 13.2 Å². The first-order valence-electron chi connectivity index (χ1n) is 9.24. The number of ether oxygens (including phenoxy) is 3. The summed E-state index contributed by atoms with van der Waals surface area (Å²) < 4.78 is 52.9. The fraction of sp³-hybridized carbons (Fsp3) is 0.286. The predicted octanol–water partition coefficient (Wildman–Crippen LogP) is 5.16. The molecule has 0 atom stereocenters. The molecule has 0 radical (unpaired) electrons. The van der Waals surface area contributed by atoms with Gasteiger partial charge in [-0.05, 0) is 55.8 Å². The number of rotatable bonds is 8. The molecule has 1 aromatic heterocycles. The largest absolute Gasteiger partial charge is 0.573 e. The minimum Gasteiger partial charge on any atom is -0.490 e. The summed E-state index contributed by atoms with van der Waals surface area (Å²) in [5, 5.41) is 9.69. The molecule has 2 aromatic carbocycles. The first kappa shape index (κ1) is 21.4. The standard InChI is InChI=1S/C21H20F3NO5/c1-3-28-17-8-5-12(9-18(17)29-4-2)20-15(11-19(26)27)14-10-13(30-21(22,23)24)6-7-16(14)25-20/h5-10,25H,3-4,11H2,1-2H3,(H,26,27). The second-order valence-electron chi connectivity index (χ2n) is 6.33. The van der Waals surface area contributed by atoms with Crippen LogP contribution < -0.4 is 14.2 Å². The number of aliphatic carboxylic acids is 1. The normalized spacial score (nSPS) is 11.5. The van der Waals surface area contributed by atoms with Crippen molar-refractivity contribution in [3.05, 3.63) is 42.0 Å². The zero-order chi connectivity index (χ0) is 21.9. The smallest absolute Gasteiger partial charge is 0.490 e. The minimum atomic E-state index is -4.85. The van der Waals surface area contributed by atoms with Gasteiger partial charge in [0.25, 0.3) is 0 Å². The van der Waals surface area contributed by atoms with Crippen molar-refractivity contribution in [2.45, 2.75) is 26.6 Å². The lowest BCUT2D eigenvalue weighted by molar-refractivity contribution is -0.274. The van der Waals surface area contributed by atoms with E-state index in [0.717, 1.165) is 0 Å². The molecule has 0 unspecified atom stereocenters. The van der Waals surface area contributed by atoms with Gasteiger partial charge in [0.1, 0.15) is 5.75 Å². The van der Waals surface area contributed by atoms with E-state index in [1.807, 2.05) is 13.8 Å². The summed E-state index contributed by atoms with van der Waals surface area (Å²) in [6.07, 6.45) is -5.23. The number of halogens is 3. The van der Waals surface area contributed by atoms with Gasteiger partial charge in [-0.25, -0.2) is 0 Å². The third kappa shape index (κ3) is 4.79. The fourth-order valence-electron chi connectivity index (χ4n) is 3.21. The first-order valence-corrected chi connectivity index (χ1v) is 9.24. The van der Waals surface area contributed by atoms with Gasteiger partial charge in [0.15, 0.2) is 11.5 Å². The van der Waals surface area contributed by atoms with Gasteiger partial charge in [0.2, 0.25) is 0 Å². The molecule has 0 amide bonds. The number of carboxylic acids is 1. The summed E-state index contributed by atoms with van der Waals surface area (Å²) in [4.78, 5) is 14.5. The summed E-state index contributed by atoms with van der Waals surface area (Å²) in [5.74, 6) is -0.512. The number of hydrogen-bond donors (Lipinski definition) is 2. The highest BCUT2D eigenvalue weighted by Crippen LogP contribution is 2.38. The summed E-state index contributed by atoms with van der Waals surface area (Å²) in [5.41, 5.74) is 1.92. The lowest BCUT2D eigenvalue weighted by Gasteiger charge is -2.12. The Morgan fingerprint density at radius 2 is 1.73 bits per heavy atom. The maximum atomic E-state index is 12.6. The quantitative estimate of drug-likeness (QED) is 0.523. The predicted molar refractivity (Wildman–Crippen MR) is 104 cm³/mol. The van der Waals surface area contributed by atoms with E-state index in [2.05, 4.69) is 9.72 Å². The monoisotopic (exact) mass is 423 g/mol. The van der Waals surface area contributed by atoms with Gasteiger partial charge in [-0.2, -0.15) is 0 Å². The molecule has 0 saturated heterocycles. The summed E-state index contributed by atoms with van der Waals surface area (Å²) in [6, 6.07) is 8.92. The average Bonchev–Trinajstić information content (AvgIpc) is 2.99. The van der Waals surface area contributed by atoms with Crippen LogP contribution in [0.25, 0.3) is 22.2 Å². The van der Waals surface area contributed by atoms with Crippen molar-refractivity contribution in [2.75, 3.05) is 13.2 Å². The zero-order valence-electron chi connectivity index (χ0n) is 16.3. The Morgan fingerprint density at radius 3 is 2.37 bits per heavy atom. The number of H-pyrrole nitrogens is 1. The van der Waals surface area contributed by atoms with Crippen LogP contribution in [0.5, 0.6) is 17.2 Å². The Bertz CT molecular complexity index is 1060. The van der Waals surface area contributed by atoms with Gasteiger partial charge in [0.05, 0.1) is 25.3 Å². The molecule has 0 aliphatic carbocycles. The fourth-order valence-corrected chi connectivity index (χ4v) is 3.21. The second kappa shape index (κ2) is 8.56. The molecule has 0 aliphatic rings. The lowest BCUT2D eigenvalue weighted by atomic mass is 10.0. The molecule has 9 heteroatoms. The molecule has 0 aliphatic heterocycles. The first-order chi connectivity index (χ1) is 14.2. The second-order valence-corrected chi connectivity index (χ2v) is 6.33. The van der Waals surface area contributed by atoms with Crippen LogP contribution in [0.4, 0.5) is 13.2 Å². The van der Waals surface area contributed by atoms with Crippen molar-refractivity contribution in [2.24, 2.45) is 0 Å². The zero-order valence-corrected chi connectivity index (χ0v) is 16.3. The molecular weight excluding hydrogens is 403 g/mol. The van der Waals surface area contributed by atoms with E-state index in [-0.39, 0.29) is 6.42 Å². The molecule has 0 fully saturated rings. The van der Waals surface area contributed by atoms with Crippen molar-refractivity contribution < 1.29 is 37.3 Å². The van der Waals surface area contributed by atoms with E-state index in [4.69, 9.17) is 9.47 Å². The molecule has 6 nitrogen and oxygen atoms in total. The number of nitrogens with one attached hydrogen (secondary N) is 1. The summed E-state index contributed by atoms with van der Waals surface area (Å²) in [6.45, 7) is 4.50. The molecular formula is C21H20F3NO5. The molecule has 0 bridgehead atoms. The van der Waals surface area contributed by atoms with Crippen LogP contribution in [0, 0.1) is 0 Å². The van der Waals surface area contributed by atoms with E-state index in [1.54, 1.807) is 18.2 Å². The summed E-state index contributed by atoms with van der Waals surface area (Å²) in [7, 11) is 0. The Labute approximate surface area is 170 Å². The van der Waals surface area contributed by atoms with Gasteiger partial charge in [-0.3, -0.25) is 4.79 Å². The lowest BCUT2D eigenvalue weighted by Crippen LogP contribution is -2.17. The minimum absolute atomic E-state index is 0.334. The van der Waals surface area contributed by atoms with Gasteiger partial charge in [0, 0.05) is 16.5 Å². The maximum absolute atomic E-state index is 12.6. The molecule has 2 N–H and O–H groups in total. The van der Waals surface area contributed by atoms with E-state index in [1.165, 1.54) is 18.2 Å². The van der Waals surface area contributed by atoms with Crippen molar-refractivity contribution in [1.82, 2.24) is 4.98 Å². The molecule has 3 aromatic rings. The molecule has 0 spiro atoms. The number of carbonyl (C=O) groups is 1. The van der Waals surface area contributed by atoms with Crippen LogP contribution in [0.3, 0.4) is 0 Å². The third-order valence-electron chi connectivity index (χ3n) is 4.27. The summed E-state index contributed by atoms with van der Waals surface area (Å²) >= 11 is 0. The number of fused-ring (bicyclic) bond motifs is 1. The molecule has 0 saturated carbocycles. The molecule has 3 rings (SSSR count). The number of aromatic amines is 1. The van der Waals surface area contributed by atoms with Crippen LogP contribution >= 0.6 is 0 Å². The highest BCUT2D eigenvalue weighted by Gasteiger charge is 2.31. The number of aromatic nitrogens is 1. The molecule has 160 valence electrons. The van der Waals surface area contributed by atoms with E-state index >= 15 is 0 Å². The third-order valence-corrected chi connectivity index (χ3v) is 4.27. The molecule has 30 heavy (non-hydrogen) atoms. The van der Waals surface area contributed by atoms with Crippen LogP contribution in [-0.4, -0.2) is 35.6 Å². The van der Waals surface area contributed by atoms with Gasteiger partial charge >= 0.3 is 12.3 Å². The van der Waals surface area contributed by atoms with Crippen LogP contribution in [0.1, 0.15) is 19.4 Å². The van der Waals surface area contributed by atoms with Gasteiger partial charge < -0.3 is 24.3 Å². The van der Waals surface area contributed by atoms with E-state index in [9.17, 15) is 23.1 Å². The highest BCUT2D eigenvalue weighted by atomic mass is 19.4. The topological polar surface area (TPSA) is 80.8 Å². The Balaban J connectivity index is 2.15. The Hall–Kier alpha value is -3.36. The van der Waals surface area contributed by atoms with Crippen molar-refractivity contribution in [3.63, 3.8) is 0 Å². The Morgan fingerprint density at radius 1 is 1.03 bits per heavy atom. The van der Waals surface area contributed by atoms with E-state index < -0.39 is 18.1 Å². The highest BCUT2D eigenvalue weighted by molar-refractivity contribution is 5.95. The van der Waals surface area contributed by atoms with Crippen molar-refractivity contribution in [3.8, 4) is 28.5 Å². The van der Waals surface area contributed by atoms with Crippen LogP contribution in [0.2, 0.25) is 0 Å². The van der Waals surface area contributed by atoms with Crippen molar-refractivity contribution in [1.29, 1.82) is 0 Å². The number of alkyl halides is 3. The van der Waals surface area contributed by atoms with Crippen molar-refractivity contribution >= 4 is 16.9 Å². The van der Waals surface area contributed by atoms with E-state index in [0.29, 0.717) is 52.4 Å². The number of benzene rings is 2. The Kier molecular flexibility index (Phi) is 6.09. The average molecular weight is 423 g/mol. The number of carboxylic acid groups (broad SMARTS) is 1. The SMILES string of the molecule is CCOc1ccc(-c2[nH]c3ccc(OC(F)(F)F)cc3c2CC(=O)O)cc1OCC. The molecule has 1 heterocycles. The number of hydrogen-bond acceptors (Lipinski definition) is 4. The van der Waals surface area contributed by atoms with Crippen LogP contribution in [-0.2, 0) is 11.2 Å².